The molecule has 5 atom stereocenters. The molecule has 0 aromatic carbocycles. The second-order valence-electron chi connectivity index (χ2n) is 9.66. The number of nitrogens with one attached hydrogen (secondary N) is 3. The van der Waals surface area contributed by atoms with Gasteiger partial charge in [-0.3, -0.25) is 10.2 Å². The lowest BCUT2D eigenvalue weighted by Gasteiger charge is -2.44. The predicted molar refractivity (Wildman–Crippen MR) is 109 cm³/mol. The van der Waals surface area contributed by atoms with Crippen molar-refractivity contribution in [2.75, 3.05) is 19.6 Å². The normalized spacial score (nSPS) is 42.1. The Morgan fingerprint density at radius 2 is 1.93 bits per heavy atom. The SMILES string of the molecule is CCC(=O)NCC1CNC(C2CCC(F)CC2)CC1C1CC2CCCCN2N1. The van der Waals surface area contributed by atoms with Gasteiger partial charge in [-0.2, -0.15) is 0 Å². The molecule has 3 saturated heterocycles. The molecule has 0 radical (unpaired) electrons. The lowest BCUT2D eigenvalue weighted by molar-refractivity contribution is -0.121. The molecule has 5 nitrogen and oxygen atoms in total. The van der Waals surface area contributed by atoms with E-state index in [0.717, 1.165) is 45.2 Å². The van der Waals surface area contributed by atoms with Gasteiger partial charge < -0.3 is 10.6 Å². The van der Waals surface area contributed by atoms with Crippen LogP contribution in [0.25, 0.3) is 0 Å². The van der Waals surface area contributed by atoms with E-state index in [1.165, 1.54) is 32.2 Å². The fourth-order valence-corrected chi connectivity index (χ4v) is 6.19. The van der Waals surface area contributed by atoms with Crippen LogP contribution < -0.4 is 16.1 Å². The molecule has 28 heavy (non-hydrogen) atoms. The number of rotatable bonds is 5. The molecule has 1 aliphatic carbocycles. The second kappa shape index (κ2) is 9.40. The summed E-state index contributed by atoms with van der Waals surface area (Å²) < 4.78 is 13.6. The van der Waals surface area contributed by atoms with Crippen LogP contribution in [0.5, 0.6) is 0 Å². The molecular formula is C22H39FN4O. The van der Waals surface area contributed by atoms with E-state index in [9.17, 15) is 9.18 Å². The Bertz CT molecular complexity index is 511. The Labute approximate surface area is 169 Å². The largest absolute Gasteiger partial charge is 0.356 e. The molecule has 1 saturated carbocycles. The van der Waals surface area contributed by atoms with Gasteiger partial charge >= 0.3 is 0 Å². The summed E-state index contributed by atoms with van der Waals surface area (Å²) in [5.74, 6) is 1.82. The third kappa shape index (κ3) is 4.71. The molecule has 0 spiro atoms. The highest BCUT2D eigenvalue weighted by molar-refractivity contribution is 5.75. The van der Waals surface area contributed by atoms with Crippen molar-refractivity contribution in [3.63, 3.8) is 0 Å². The van der Waals surface area contributed by atoms with Crippen LogP contribution in [0.3, 0.4) is 0 Å². The first kappa shape index (κ1) is 20.5. The van der Waals surface area contributed by atoms with Crippen molar-refractivity contribution in [1.82, 2.24) is 21.1 Å². The summed E-state index contributed by atoms with van der Waals surface area (Å²) in [6.07, 6.45) is 9.86. The number of fused-ring (bicyclic) bond motifs is 1. The summed E-state index contributed by atoms with van der Waals surface area (Å²) in [5.41, 5.74) is 3.86. The van der Waals surface area contributed by atoms with Crippen LogP contribution in [0.15, 0.2) is 0 Å². The lowest BCUT2D eigenvalue weighted by atomic mass is 9.71. The molecule has 3 heterocycles. The first-order valence-electron chi connectivity index (χ1n) is 11.8. The Morgan fingerprint density at radius 3 is 2.68 bits per heavy atom. The van der Waals surface area contributed by atoms with Gasteiger partial charge in [0.05, 0.1) is 0 Å². The molecule has 6 heteroatoms. The smallest absolute Gasteiger partial charge is 0.219 e. The monoisotopic (exact) mass is 394 g/mol. The van der Waals surface area contributed by atoms with Crippen molar-refractivity contribution in [1.29, 1.82) is 0 Å². The first-order chi connectivity index (χ1) is 13.6. The van der Waals surface area contributed by atoms with Gasteiger partial charge in [-0.05, 0) is 69.1 Å². The van der Waals surface area contributed by atoms with Gasteiger partial charge in [0.25, 0.3) is 0 Å². The highest BCUT2D eigenvalue weighted by Crippen LogP contribution is 2.38. The Kier molecular flexibility index (Phi) is 6.90. The highest BCUT2D eigenvalue weighted by Gasteiger charge is 2.43. The van der Waals surface area contributed by atoms with Crippen molar-refractivity contribution in [2.24, 2.45) is 17.8 Å². The summed E-state index contributed by atoms with van der Waals surface area (Å²) in [4.78, 5) is 11.8. The van der Waals surface area contributed by atoms with Gasteiger partial charge in [-0.25, -0.2) is 9.40 Å². The Hall–Kier alpha value is -0.720. The number of alkyl halides is 1. The molecule has 160 valence electrons. The summed E-state index contributed by atoms with van der Waals surface area (Å²) in [6.45, 7) is 4.84. The molecular weight excluding hydrogens is 355 g/mol. The average molecular weight is 395 g/mol. The third-order valence-corrected chi connectivity index (χ3v) is 7.93. The number of piperidine rings is 2. The van der Waals surface area contributed by atoms with E-state index in [4.69, 9.17) is 0 Å². The molecule has 0 aromatic heterocycles. The minimum atomic E-state index is -0.583. The Morgan fingerprint density at radius 1 is 1.11 bits per heavy atom. The summed E-state index contributed by atoms with van der Waals surface area (Å²) >= 11 is 0. The van der Waals surface area contributed by atoms with Crippen LogP contribution in [0, 0.1) is 17.8 Å². The summed E-state index contributed by atoms with van der Waals surface area (Å²) in [6, 6.07) is 1.73. The molecule has 0 aromatic rings. The minimum absolute atomic E-state index is 0.152. The van der Waals surface area contributed by atoms with E-state index in [2.05, 4.69) is 21.1 Å². The minimum Gasteiger partial charge on any atom is -0.356 e. The first-order valence-corrected chi connectivity index (χ1v) is 11.8. The van der Waals surface area contributed by atoms with Crippen molar-refractivity contribution in [2.45, 2.75) is 95.4 Å². The van der Waals surface area contributed by atoms with E-state index in [1.54, 1.807) is 0 Å². The van der Waals surface area contributed by atoms with E-state index >= 15 is 0 Å². The maximum Gasteiger partial charge on any atom is 0.219 e. The molecule has 5 unspecified atom stereocenters. The van der Waals surface area contributed by atoms with Gasteiger partial charge in [0, 0.05) is 44.2 Å². The molecule has 1 amide bonds. The van der Waals surface area contributed by atoms with E-state index in [0.29, 0.717) is 42.3 Å². The van der Waals surface area contributed by atoms with Gasteiger partial charge in [-0.15, -0.1) is 0 Å². The van der Waals surface area contributed by atoms with Crippen LogP contribution in [-0.2, 0) is 4.79 Å². The Balaban J connectivity index is 1.41. The number of carbonyl (C=O) groups is 1. The van der Waals surface area contributed by atoms with Crippen molar-refractivity contribution in [3.8, 4) is 0 Å². The molecule has 4 aliphatic rings. The zero-order chi connectivity index (χ0) is 19.5. The molecule has 3 N–H and O–H groups in total. The standard InChI is InChI=1S/C22H39FN4O/c1-2-22(28)25-14-16-13-24-20(15-6-8-17(23)9-7-15)12-19(16)21-11-18-5-3-4-10-27(18)26-21/h15-21,24,26H,2-14H2,1H3,(H,25,28). The van der Waals surface area contributed by atoms with Crippen molar-refractivity contribution >= 4 is 5.91 Å². The molecule has 4 rings (SSSR count). The summed E-state index contributed by atoms with van der Waals surface area (Å²) in [7, 11) is 0. The number of nitrogens with zero attached hydrogens (tertiary/aromatic N) is 1. The van der Waals surface area contributed by atoms with Gasteiger partial charge in [0.2, 0.25) is 5.91 Å². The average Bonchev–Trinajstić information content (AvgIpc) is 3.16. The van der Waals surface area contributed by atoms with Gasteiger partial charge in [0.1, 0.15) is 6.17 Å². The van der Waals surface area contributed by atoms with Gasteiger partial charge in [-0.1, -0.05) is 13.3 Å². The van der Waals surface area contributed by atoms with Crippen LogP contribution in [0.4, 0.5) is 4.39 Å². The van der Waals surface area contributed by atoms with E-state index < -0.39 is 6.17 Å². The maximum absolute atomic E-state index is 13.6. The zero-order valence-corrected chi connectivity index (χ0v) is 17.5. The van der Waals surface area contributed by atoms with Crippen LogP contribution in [-0.4, -0.2) is 54.8 Å². The number of amides is 1. The number of hydrogen-bond acceptors (Lipinski definition) is 4. The fraction of sp³-hybridized carbons (Fsp3) is 0.955. The third-order valence-electron chi connectivity index (χ3n) is 7.93. The number of halogens is 1. The predicted octanol–water partition coefficient (Wildman–Crippen LogP) is 2.77. The van der Waals surface area contributed by atoms with Crippen LogP contribution in [0.2, 0.25) is 0 Å². The fourth-order valence-electron chi connectivity index (χ4n) is 6.19. The number of hydrazine groups is 1. The number of hydrogen-bond donors (Lipinski definition) is 3. The molecule has 4 fully saturated rings. The zero-order valence-electron chi connectivity index (χ0n) is 17.5. The second-order valence-corrected chi connectivity index (χ2v) is 9.66. The van der Waals surface area contributed by atoms with Crippen molar-refractivity contribution < 1.29 is 9.18 Å². The van der Waals surface area contributed by atoms with E-state index in [-0.39, 0.29) is 5.91 Å². The quantitative estimate of drug-likeness (QED) is 0.671. The van der Waals surface area contributed by atoms with Crippen molar-refractivity contribution in [3.05, 3.63) is 0 Å². The van der Waals surface area contributed by atoms with Crippen LogP contribution in [0.1, 0.15) is 71.1 Å². The van der Waals surface area contributed by atoms with Gasteiger partial charge in [0.15, 0.2) is 0 Å². The molecule has 3 aliphatic heterocycles. The highest BCUT2D eigenvalue weighted by atomic mass is 19.1. The topological polar surface area (TPSA) is 56.4 Å². The maximum atomic E-state index is 13.6. The summed E-state index contributed by atoms with van der Waals surface area (Å²) in [5, 5.41) is 9.45. The van der Waals surface area contributed by atoms with Crippen LogP contribution >= 0.6 is 0 Å². The molecule has 0 bridgehead atoms. The number of carbonyl (C=O) groups excluding carboxylic acids is 1. The van der Waals surface area contributed by atoms with E-state index in [1.807, 2.05) is 6.92 Å². The lowest BCUT2D eigenvalue weighted by Crippen LogP contribution is -2.55.